The van der Waals surface area contributed by atoms with Crippen molar-refractivity contribution in [3.63, 3.8) is 0 Å². The smallest absolute Gasteiger partial charge is 0.319 e. The van der Waals surface area contributed by atoms with Gasteiger partial charge in [-0.1, -0.05) is 72.8 Å². The van der Waals surface area contributed by atoms with Crippen LogP contribution in [0.4, 0.5) is 21.9 Å². The van der Waals surface area contributed by atoms with Gasteiger partial charge in [0.2, 0.25) is 0 Å². The van der Waals surface area contributed by atoms with Gasteiger partial charge in [0.25, 0.3) is 5.91 Å². The molecule has 3 amide bonds. The molecule has 0 aromatic heterocycles. The summed E-state index contributed by atoms with van der Waals surface area (Å²) in [5, 5.41) is 8.85. The fourth-order valence-electron chi connectivity index (χ4n) is 5.16. The molecule has 1 aliphatic heterocycles. The average Bonchev–Trinajstić information content (AvgIpc) is 3.05. The summed E-state index contributed by atoms with van der Waals surface area (Å²) in [7, 11) is 1.69. The topological polar surface area (TPSA) is 85.9 Å². The molecule has 3 N–H and O–H groups in total. The molecule has 4 aromatic carbocycles. The molecule has 42 heavy (non-hydrogen) atoms. The molecule has 0 unspecified atom stereocenters. The molecular weight excluding hydrogens is 526 g/mol. The van der Waals surface area contributed by atoms with E-state index in [0.29, 0.717) is 24.3 Å². The Bertz CT molecular complexity index is 1470. The van der Waals surface area contributed by atoms with Crippen LogP contribution in [-0.2, 0) is 13.0 Å². The van der Waals surface area contributed by atoms with Crippen molar-refractivity contribution in [3.05, 3.63) is 120 Å². The molecule has 1 heterocycles. The van der Waals surface area contributed by atoms with Crippen LogP contribution >= 0.6 is 0 Å². The lowest BCUT2D eigenvalue weighted by atomic mass is 10.1. The Morgan fingerprint density at radius 2 is 1.33 bits per heavy atom. The quantitative estimate of drug-likeness (QED) is 0.243. The summed E-state index contributed by atoms with van der Waals surface area (Å²) in [6.07, 6.45) is 0.735. The van der Waals surface area contributed by atoms with Crippen molar-refractivity contribution in [3.8, 4) is 5.75 Å². The summed E-state index contributed by atoms with van der Waals surface area (Å²) in [4.78, 5) is 30.7. The van der Waals surface area contributed by atoms with Crippen LogP contribution in [0.1, 0.15) is 21.5 Å². The number of nitrogens with zero attached hydrogens (tertiary/aromatic N) is 2. The molecule has 4 aromatic rings. The third-order valence-corrected chi connectivity index (χ3v) is 7.38. The van der Waals surface area contributed by atoms with Gasteiger partial charge in [0, 0.05) is 50.6 Å². The van der Waals surface area contributed by atoms with Gasteiger partial charge in [-0.3, -0.25) is 4.79 Å². The van der Waals surface area contributed by atoms with Crippen molar-refractivity contribution in [2.45, 2.75) is 13.0 Å². The van der Waals surface area contributed by atoms with Gasteiger partial charge in [0.05, 0.1) is 18.4 Å². The summed E-state index contributed by atoms with van der Waals surface area (Å²) in [5.74, 6) is 0.687. The standard InChI is InChI=1S/C34H37N5O3/c1-42-32-15-9-8-14-31(32)39-22-20-38(21-23-39)30-17-16-28(37-34(41)36-25-27-12-6-3-7-13-27)24-29(30)33(40)35-19-18-26-10-4-2-5-11-26/h2-17,24H,18-23,25H2,1H3,(H,35,40)(H2,36,37,41). The highest BCUT2D eigenvalue weighted by atomic mass is 16.5. The number of para-hydroxylation sites is 2. The molecule has 216 valence electrons. The molecule has 0 atom stereocenters. The van der Waals surface area contributed by atoms with Gasteiger partial charge in [-0.25, -0.2) is 4.79 Å². The number of methoxy groups -OCH3 is 1. The number of rotatable bonds is 10. The molecule has 0 aliphatic carbocycles. The Labute approximate surface area is 247 Å². The van der Waals surface area contributed by atoms with E-state index in [0.717, 1.165) is 60.9 Å². The fraction of sp³-hybridized carbons (Fsp3) is 0.235. The van der Waals surface area contributed by atoms with E-state index in [4.69, 9.17) is 4.74 Å². The zero-order valence-corrected chi connectivity index (χ0v) is 23.9. The maximum absolute atomic E-state index is 13.5. The number of anilines is 3. The molecule has 5 rings (SSSR count). The number of carbonyl (C=O) groups excluding carboxylic acids is 2. The number of hydrogen-bond acceptors (Lipinski definition) is 5. The van der Waals surface area contributed by atoms with Crippen LogP contribution < -0.4 is 30.5 Å². The maximum Gasteiger partial charge on any atom is 0.319 e. The number of carbonyl (C=O) groups is 2. The second-order valence-corrected chi connectivity index (χ2v) is 10.2. The SMILES string of the molecule is COc1ccccc1N1CCN(c2ccc(NC(=O)NCc3ccccc3)cc2C(=O)NCCc2ccccc2)CC1. The minimum atomic E-state index is -0.326. The molecule has 1 fully saturated rings. The molecular formula is C34H37N5O3. The number of hydrogen-bond donors (Lipinski definition) is 3. The van der Waals surface area contributed by atoms with E-state index in [9.17, 15) is 9.59 Å². The lowest BCUT2D eigenvalue weighted by molar-refractivity contribution is 0.0954. The van der Waals surface area contributed by atoms with E-state index in [-0.39, 0.29) is 11.9 Å². The van der Waals surface area contributed by atoms with Crippen LogP contribution in [0.15, 0.2) is 103 Å². The second-order valence-electron chi connectivity index (χ2n) is 10.2. The minimum absolute atomic E-state index is 0.165. The number of nitrogens with one attached hydrogen (secondary N) is 3. The first kappa shape index (κ1) is 28.5. The average molecular weight is 564 g/mol. The Hall–Kier alpha value is -4.98. The highest BCUT2D eigenvalue weighted by Gasteiger charge is 2.24. The van der Waals surface area contributed by atoms with E-state index in [2.05, 4.69) is 43.9 Å². The van der Waals surface area contributed by atoms with Crippen molar-refractivity contribution in [2.75, 3.05) is 55.0 Å². The van der Waals surface area contributed by atoms with Gasteiger partial charge in [-0.2, -0.15) is 0 Å². The van der Waals surface area contributed by atoms with Crippen molar-refractivity contribution in [2.24, 2.45) is 0 Å². The Morgan fingerprint density at radius 1 is 0.714 bits per heavy atom. The Morgan fingerprint density at radius 3 is 2.02 bits per heavy atom. The third-order valence-electron chi connectivity index (χ3n) is 7.38. The van der Waals surface area contributed by atoms with Crippen LogP contribution in [0.2, 0.25) is 0 Å². The Kier molecular flexibility index (Phi) is 9.57. The van der Waals surface area contributed by atoms with E-state index >= 15 is 0 Å². The lowest BCUT2D eigenvalue weighted by Gasteiger charge is -2.38. The summed E-state index contributed by atoms with van der Waals surface area (Å²) >= 11 is 0. The van der Waals surface area contributed by atoms with E-state index in [1.54, 1.807) is 13.2 Å². The maximum atomic E-state index is 13.5. The first-order valence-corrected chi connectivity index (χ1v) is 14.3. The number of amides is 3. The van der Waals surface area contributed by atoms with Gasteiger partial charge >= 0.3 is 6.03 Å². The molecule has 8 nitrogen and oxygen atoms in total. The third kappa shape index (κ3) is 7.40. The van der Waals surface area contributed by atoms with Crippen LogP contribution in [0, 0.1) is 0 Å². The number of piperazine rings is 1. The van der Waals surface area contributed by atoms with Crippen molar-refractivity contribution in [1.82, 2.24) is 10.6 Å². The lowest BCUT2D eigenvalue weighted by Crippen LogP contribution is -2.47. The monoisotopic (exact) mass is 563 g/mol. The second kappa shape index (κ2) is 14.1. The van der Waals surface area contributed by atoms with Crippen molar-refractivity contribution in [1.29, 1.82) is 0 Å². The summed E-state index contributed by atoms with van der Waals surface area (Å²) in [6, 6.07) is 33.1. The van der Waals surface area contributed by atoms with Gasteiger partial charge in [-0.05, 0) is 47.9 Å². The first-order valence-electron chi connectivity index (χ1n) is 14.3. The number of ether oxygens (including phenoxy) is 1. The number of benzene rings is 4. The summed E-state index contributed by atoms with van der Waals surface area (Å²) in [5.41, 5.74) is 5.19. The van der Waals surface area contributed by atoms with Crippen molar-refractivity contribution < 1.29 is 14.3 Å². The van der Waals surface area contributed by atoms with Gasteiger partial charge < -0.3 is 30.5 Å². The molecule has 1 saturated heterocycles. The molecule has 0 bridgehead atoms. The van der Waals surface area contributed by atoms with Crippen LogP contribution in [-0.4, -0.2) is 51.8 Å². The molecule has 1 aliphatic rings. The van der Waals surface area contributed by atoms with E-state index < -0.39 is 0 Å². The van der Waals surface area contributed by atoms with Gasteiger partial charge in [0.1, 0.15) is 5.75 Å². The predicted octanol–water partition coefficient (Wildman–Crippen LogP) is 5.32. The van der Waals surface area contributed by atoms with Gasteiger partial charge in [-0.15, -0.1) is 0 Å². The predicted molar refractivity (Wildman–Crippen MR) is 169 cm³/mol. The molecule has 0 spiro atoms. The van der Waals surface area contributed by atoms with E-state index in [1.807, 2.05) is 78.9 Å². The minimum Gasteiger partial charge on any atom is -0.495 e. The van der Waals surface area contributed by atoms with Crippen LogP contribution in [0.25, 0.3) is 0 Å². The largest absolute Gasteiger partial charge is 0.495 e. The van der Waals surface area contributed by atoms with E-state index in [1.165, 1.54) is 0 Å². The zero-order chi connectivity index (χ0) is 29.1. The molecule has 0 saturated carbocycles. The normalized spacial score (nSPS) is 12.9. The fourth-order valence-corrected chi connectivity index (χ4v) is 5.16. The zero-order valence-electron chi connectivity index (χ0n) is 23.9. The van der Waals surface area contributed by atoms with Crippen molar-refractivity contribution >= 4 is 29.0 Å². The summed E-state index contributed by atoms with van der Waals surface area (Å²) < 4.78 is 5.57. The summed E-state index contributed by atoms with van der Waals surface area (Å²) in [6.45, 7) is 3.99. The van der Waals surface area contributed by atoms with Crippen LogP contribution in [0.5, 0.6) is 5.75 Å². The van der Waals surface area contributed by atoms with Crippen LogP contribution in [0.3, 0.4) is 0 Å². The first-order chi connectivity index (χ1) is 20.6. The molecule has 0 radical (unpaired) electrons. The highest BCUT2D eigenvalue weighted by Crippen LogP contribution is 2.31. The number of urea groups is 1. The Balaban J connectivity index is 1.29. The van der Waals surface area contributed by atoms with Gasteiger partial charge in [0.15, 0.2) is 0 Å². The highest BCUT2D eigenvalue weighted by molar-refractivity contribution is 6.02. The molecule has 8 heteroatoms.